The summed E-state index contributed by atoms with van der Waals surface area (Å²) in [4.78, 5) is 6.12. The van der Waals surface area contributed by atoms with E-state index in [1.54, 1.807) is 4.88 Å². The molecule has 2 heteroatoms. The highest BCUT2D eigenvalue weighted by Crippen LogP contribution is 2.33. The summed E-state index contributed by atoms with van der Waals surface area (Å²) in [5.41, 5.74) is 1.28. The van der Waals surface area contributed by atoms with Crippen molar-refractivity contribution in [2.75, 3.05) is 0 Å². The number of hydrogen-bond acceptors (Lipinski definition) is 2. The Kier molecular flexibility index (Phi) is 6.04. The fourth-order valence-corrected chi connectivity index (χ4v) is 3.33. The van der Waals surface area contributed by atoms with Crippen LogP contribution in [0, 0.1) is 13.8 Å². The first-order valence-electron chi connectivity index (χ1n) is 6.62. The van der Waals surface area contributed by atoms with Crippen LogP contribution in [0.2, 0.25) is 0 Å². The van der Waals surface area contributed by atoms with Crippen LogP contribution in [-0.2, 0) is 0 Å². The van der Waals surface area contributed by atoms with Gasteiger partial charge >= 0.3 is 0 Å². The minimum atomic E-state index is 0.770. The molecule has 0 amide bonds. The van der Waals surface area contributed by atoms with Gasteiger partial charge in [0.25, 0.3) is 0 Å². The molecule has 1 aromatic heterocycles. The fourth-order valence-electron chi connectivity index (χ4n) is 2.23. The van der Waals surface area contributed by atoms with Crippen LogP contribution in [-0.4, -0.2) is 4.98 Å². The van der Waals surface area contributed by atoms with Gasteiger partial charge in [-0.2, -0.15) is 0 Å². The topological polar surface area (TPSA) is 12.9 Å². The number of nitrogens with zero attached hydrogens (tertiary/aromatic N) is 1. The molecule has 0 aliphatic carbocycles. The monoisotopic (exact) mass is 239 g/mol. The Labute approximate surface area is 104 Å². The van der Waals surface area contributed by atoms with E-state index in [4.69, 9.17) is 0 Å². The maximum absolute atomic E-state index is 4.57. The highest BCUT2D eigenvalue weighted by molar-refractivity contribution is 7.11. The molecule has 0 aliphatic heterocycles. The van der Waals surface area contributed by atoms with Gasteiger partial charge in [-0.3, -0.25) is 0 Å². The number of aryl methyl sites for hydroxylation is 2. The van der Waals surface area contributed by atoms with E-state index in [-0.39, 0.29) is 0 Å². The van der Waals surface area contributed by atoms with Crippen LogP contribution in [0.15, 0.2) is 0 Å². The number of rotatable bonds is 7. The molecule has 16 heavy (non-hydrogen) atoms. The molecule has 0 radical (unpaired) electrons. The second-order valence-corrected chi connectivity index (χ2v) is 5.90. The summed E-state index contributed by atoms with van der Waals surface area (Å²) in [5, 5.41) is 1.23. The van der Waals surface area contributed by atoms with Crippen molar-refractivity contribution >= 4 is 11.3 Å². The third kappa shape index (κ3) is 3.89. The van der Waals surface area contributed by atoms with Gasteiger partial charge in [-0.05, 0) is 32.6 Å². The van der Waals surface area contributed by atoms with E-state index >= 15 is 0 Å². The molecule has 0 saturated heterocycles. The second-order valence-electron chi connectivity index (χ2n) is 4.66. The summed E-state index contributed by atoms with van der Waals surface area (Å²) >= 11 is 1.91. The fraction of sp³-hybridized carbons (Fsp3) is 0.786. The van der Waals surface area contributed by atoms with Gasteiger partial charge in [-0.1, -0.05) is 39.5 Å². The standard InChI is InChI=1S/C14H25NS/c1-5-7-9-13(10-8-6-2)14-11(3)15-12(4)16-14/h13H,5-10H2,1-4H3. The van der Waals surface area contributed by atoms with E-state index in [9.17, 15) is 0 Å². The largest absolute Gasteiger partial charge is 0.247 e. The first-order valence-corrected chi connectivity index (χ1v) is 7.44. The molecular weight excluding hydrogens is 214 g/mol. The summed E-state index contributed by atoms with van der Waals surface area (Å²) in [6, 6.07) is 0. The Bertz CT molecular complexity index is 296. The molecule has 1 heterocycles. The Balaban J connectivity index is 2.70. The van der Waals surface area contributed by atoms with Crippen molar-refractivity contribution in [3.63, 3.8) is 0 Å². The molecule has 0 unspecified atom stereocenters. The quantitative estimate of drug-likeness (QED) is 0.635. The Morgan fingerprint density at radius 2 is 1.62 bits per heavy atom. The lowest BCUT2D eigenvalue weighted by molar-refractivity contribution is 0.529. The molecular formula is C14H25NS. The Hall–Kier alpha value is -0.370. The summed E-state index contributed by atoms with van der Waals surface area (Å²) in [5.74, 6) is 0.770. The smallest absolute Gasteiger partial charge is 0.0900 e. The molecule has 0 saturated carbocycles. The molecule has 0 aliphatic rings. The van der Waals surface area contributed by atoms with Gasteiger partial charge in [0.2, 0.25) is 0 Å². The first-order chi connectivity index (χ1) is 7.69. The third-order valence-corrected chi connectivity index (χ3v) is 4.36. The summed E-state index contributed by atoms with van der Waals surface area (Å²) in [6.07, 6.45) is 8.01. The van der Waals surface area contributed by atoms with Crippen molar-refractivity contribution < 1.29 is 0 Å². The van der Waals surface area contributed by atoms with Crippen molar-refractivity contribution in [3.05, 3.63) is 15.6 Å². The number of thiazole rings is 1. The van der Waals surface area contributed by atoms with Crippen LogP contribution in [0.3, 0.4) is 0 Å². The van der Waals surface area contributed by atoms with E-state index in [1.165, 1.54) is 49.2 Å². The van der Waals surface area contributed by atoms with Gasteiger partial charge in [0.1, 0.15) is 0 Å². The zero-order valence-corrected chi connectivity index (χ0v) is 12.0. The lowest BCUT2D eigenvalue weighted by Crippen LogP contribution is -1.99. The van der Waals surface area contributed by atoms with E-state index in [0.29, 0.717) is 0 Å². The third-order valence-electron chi connectivity index (χ3n) is 3.12. The van der Waals surface area contributed by atoms with Crippen molar-refractivity contribution in [1.82, 2.24) is 4.98 Å². The molecule has 0 bridgehead atoms. The van der Waals surface area contributed by atoms with Crippen LogP contribution in [0.5, 0.6) is 0 Å². The van der Waals surface area contributed by atoms with E-state index in [0.717, 1.165) is 5.92 Å². The lowest BCUT2D eigenvalue weighted by atomic mass is 9.94. The van der Waals surface area contributed by atoms with E-state index in [2.05, 4.69) is 32.7 Å². The summed E-state index contributed by atoms with van der Waals surface area (Å²) < 4.78 is 0. The predicted octanol–water partition coefficient (Wildman–Crippen LogP) is 5.22. The lowest BCUT2D eigenvalue weighted by Gasteiger charge is -2.15. The van der Waals surface area contributed by atoms with Crippen LogP contribution in [0.4, 0.5) is 0 Å². The van der Waals surface area contributed by atoms with Crippen molar-refractivity contribution in [1.29, 1.82) is 0 Å². The first kappa shape index (κ1) is 13.7. The normalized spacial score (nSPS) is 11.3. The molecule has 1 nitrogen and oxygen atoms in total. The summed E-state index contributed by atoms with van der Waals surface area (Å²) in [6.45, 7) is 8.85. The Morgan fingerprint density at radius 1 is 1.06 bits per heavy atom. The number of aromatic nitrogens is 1. The van der Waals surface area contributed by atoms with Crippen LogP contribution in [0.1, 0.15) is 73.9 Å². The molecule has 0 fully saturated rings. The second kappa shape index (κ2) is 7.05. The maximum atomic E-state index is 4.57. The minimum Gasteiger partial charge on any atom is -0.247 e. The molecule has 1 rings (SSSR count). The van der Waals surface area contributed by atoms with Gasteiger partial charge in [-0.25, -0.2) is 4.98 Å². The average molecular weight is 239 g/mol. The van der Waals surface area contributed by atoms with Crippen molar-refractivity contribution in [2.45, 2.75) is 72.1 Å². The van der Waals surface area contributed by atoms with Crippen molar-refractivity contribution in [3.8, 4) is 0 Å². The summed E-state index contributed by atoms with van der Waals surface area (Å²) in [7, 11) is 0. The van der Waals surface area contributed by atoms with Crippen molar-refractivity contribution in [2.24, 2.45) is 0 Å². The molecule has 0 aromatic carbocycles. The number of hydrogen-bond donors (Lipinski definition) is 0. The zero-order valence-electron chi connectivity index (χ0n) is 11.2. The molecule has 0 N–H and O–H groups in total. The highest BCUT2D eigenvalue weighted by atomic mass is 32.1. The molecule has 92 valence electrons. The SMILES string of the molecule is CCCCC(CCCC)c1sc(C)nc1C. The van der Waals surface area contributed by atoms with Gasteiger partial charge in [0, 0.05) is 4.88 Å². The molecule has 1 aromatic rings. The zero-order chi connectivity index (χ0) is 12.0. The molecule has 0 atom stereocenters. The molecule has 0 spiro atoms. The van der Waals surface area contributed by atoms with E-state index < -0.39 is 0 Å². The maximum Gasteiger partial charge on any atom is 0.0900 e. The highest BCUT2D eigenvalue weighted by Gasteiger charge is 2.16. The minimum absolute atomic E-state index is 0.770. The average Bonchev–Trinajstić information content (AvgIpc) is 2.58. The van der Waals surface area contributed by atoms with E-state index in [1.807, 2.05) is 11.3 Å². The number of unbranched alkanes of at least 4 members (excludes halogenated alkanes) is 2. The van der Waals surface area contributed by atoms with Gasteiger partial charge in [-0.15, -0.1) is 11.3 Å². The van der Waals surface area contributed by atoms with Gasteiger partial charge in [0.15, 0.2) is 0 Å². The van der Waals surface area contributed by atoms with Gasteiger partial charge < -0.3 is 0 Å². The van der Waals surface area contributed by atoms with Gasteiger partial charge in [0.05, 0.1) is 10.7 Å². The van der Waals surface area contributed by atoms with Crippen LogP contribution >= 0.6 is 11.3 Å². The van der Waals surface area contributed by atoms with Crippen LogP contribution < -0.4 is 0 Å². The Morgan fingerprint density at radius 3 is 2.00 bits per heavy atom. The van der Waals surface area contributed by atoms with Crippen LogP contribution in [0.25, 0.3) is 0 Å². The predicted molar refractivity (Wildman–Crippen MR) is 73.4 cm³/mol.